The molecule has 0 unspecified atom stereocenters. The van der Waals surface area contributed by atoms with Gasteiger partial charge in [0.25, 0.3) is 0 Å². The van der Waals surface area contributed by atoms with Crippen molar-refractivity contribution in [1.29, 1.82) is 0 Å². The monoisotopic (exact) mass is 325 g/mol. The summed E-state index contributed by atoms with van der Waals surface area (Å²) in [5, 5.41) is 12.9. The Labute approximate surface area is 131 Å². The van der Waals surface area contributed by atoms with Crippen LogP contribution in [0.1, 0.15) is 6.42 Å². The normalized spacial score (nSPS) is 29.6. The Balaban J connectivity index is 1.83. The number of rotatable bonds is 3. The molecule has 0 saturated heterocycles. The number of fused-ring (bicyclic) bond motifs is 2. The first-order valence-electron chi connectivity index (χ1n) is 6.64. The number of hydrogen-bond acceptors (Lipinski definition) is 2. The Bertz CT molecular complexity index is 644. The van der Waals surface area contributed by atoms with Crippen LogP contribution in [-0.4, -0.2) is 17.0 Å². The number of aliphatic carboxylic acids is 1. The van der Waals surface area contributed by atoms with Gasteiger partial charge in [0.2, 0.25) is 5.91 Å². The zero-order valence-corrected chi connectivity index (χ0v) is 12.4. The molecular weight excluding hydrogens is 313 g/mol. The van der Waals surface area contributed by atoms with Gasteiger partial charge in [0.15, 0.2) is 0 Å². The first kappa shape index (κ1) is 14.4. The van der Waals surface area contributed by atoms with Gasteiger partial charge in [0.1, 0.15) is 0 Å². The topological polar surface area (TPSA) is 66.4 Å². The maximum Gasteiger partial charge on any atom is 0.307 e. The molecule has 0 heterocycles. The highest BCUT2D eigenvalue weighted by molar-refractivity contribution is 6.35. The molecule has 4 nitrogen and oxygen atoms in total. The van der Waals surface area contributed by atoms with E-state index in [4.69, 9.17) is 23.2 Å². The third kappa shape index (κ3) is 2.54. The molecule has 0 spiro atoms. The van der Waals surface area contributed by atoms with E-state index >= 15 is 0 Å². The number of hydrogen-bond donors (Lipinski definition) is 2. The Morgan fingerprint density at radius 3 is 2.48 bits per heavy atom. The van der Waals surface area contributed by atoms with E-state index in [2.05, 4.69) is 5.32 Å². The van der Waals surface area contributed by atoms with E-state index in [0.717, 1.165) is 6.42 Å². The Morgan fingerprint density at radius 1 is 1.14 bits per heavy atom. The third-order valence-electron chi connectivity index (χ3n) is 4.23. The first-order chi connectivity index (χ1) is 9.97. The summed E-state index contributed by atoms with van der Waals surface area (Å²) in [6.07, 6.45) is 4.56. The minimum atomic E-state index is -0.927. The molecular formula is C15H13Cl2NO3. The van der Waals surface area contributed by atoms with E-state index in [9.17, 15) is 14.7 Å². The third-order valence-corrected chi connectivity index (χ3v) is 4.80. The number of benzene rings is 1. The molecule has 0 radical (unpaired) electrons. The predicted molar refractivity (Wildman–Crippen MR) is 80.4 cm³/mol. The van der Waals surface area contributed by atoms with Gasteiger partial charge in [0.05, 0.1) is 22.5 Å². The molecule has 1 fully saturated rings. The highest BCUT2D eigenvalue weighted by Crippen LogP contribution is 2.48. The lowest BCUT2D eigenvalue weighted by atomic mass is 9.82. The van der Waals surface area contributed by atoms with E-state index in [1.165, 1.54) is 0 Å². The van der Waals surface area contributed by atoms with Crippen molar-refractivity contribution in [3.63, 3.8) is 0 Å². The van der Waals surface area contributed by atoms with Crippen molar-refractivity contribution in [1.82, 2.24) is 0 Å². The van der Waals surface area contributed by atoms with Gasteiger partial charge in [-0.1, -0.05) is 35.4 Å². The number of carbonyl (C=O) groups is 2. The van der Waals surface area contributed by atoms with Crippen LogP contribution in [0.25, 0.3) is 0 Å². The number of carboxylic acids is 1. The average Bonchev–Trinajstić information content (AvgIpc) is 3.03. The molecule has 1 saturated carbocycles. The standard InChI is InChI=1S/C15H13Cl2NO3/c16-9-3-4-10(17)11(6-9)18-14(19)12-7-1-2-8(5-7)13(12)15(20)21/h1-4,6-8,12-13H,5H2,(H,18,19)(H,20,21)/t7-,8-,12-,13-/m0/s1. The van der Waals surface area contributed by atoms with Crippen molar-refractivity contribution in [3.8, 4) is 0 Å². The van der Waals surface area contributed by atoms with Crippen molar-refractivity contribution in [3.05, 3.63) is 40.4 Å². The summed E-state index contributed by atoms with van der Waals surface area (Å²) in [7, 11) is 0. The maximum atomic E-state index is 12.5. The van der Waals surface area contributed by atoms with E-state index in [1.54, 1.807) is 18.2 Å². The van der Waals surface area contributed by atoms with Gasteiger partial charge < -0.3 is 10.4 Å². The summed E-state index contributed by atoms with van der Waals surface area (Å²) < 4.78 is 0. The molecule has 2 bridgehead atoms. The van der Waals surface area contributed by atoms with Gasteiger partial charge in [-0.3, -0.25) is 9.59 Å². The van der Waals surface area contributed by atoms with Crippen LogP contribution < -0.4 is 5.32 Å². The Morgan fingerprint density at radius 2 is 1.81 bits per heavy atom. The molecule has 0 aliphatic heterocycles. The predicted octanol–water partition coefficient (Wildman–Crippen LogP) is 3.45. The minimum Gasteiger partial charge on any atom is -0.481 e. The summed E-state index contributed by atoms with van der Waals surface area (Å²) >= 11 is 11.9. The molecule has 4 atom stereocenters. The van der Waals surface area contributed by atoms with Gasteiger partial charge in [-0.25, -0.2) is 0 Å². The largest absolute Gasteiger partial charge is 0.481 e. The summed E-state index contributed by atoms with van der Waals surface area (Å²) in [5.74, 6) is -2.55. The first-order valence-corrected chi connectivity index (χ1v) is 7.40. The van der Waals surface area contributed by atoms with Crippen molar-refractivity contribution in [2.24, 2.45) is 23.7 Å². The van der Waals surface area contributed by atoms with Gasteiger partial charge in [-0.15, -0.1) is 0 Å². The van der Waals surface area contributed by atoms with E-state index in [0.29, 0.717) is 15.7 Å². The van der Waals surface area contributed by atoms with Crippen molar-refractivity contribution >= 4 is 40.8 Å². The molecule has 110 valence electrons. The van der Waals surface area contributed by atoms with Gasteiger partial charge in [0, 0.05) is 5.02 Å². The lowest BCUT2D eigenvalue weighted by Crippen LogP contribution is -2.36. The van der Waals surface area contributed by atoms with Crippen LogP contribution in [0, 0.1) is 23.7 Å². The summed E-state index contributed by atoms with van der Waals surface area (Å²) in [6, 6.07) is 4.77. The number of anilines is 1. The van der Waals surface area contributed by atoms with Gasteiger partial charge in [-0.2, -0.15) is 0 Å². The smallest absolute Gasteiger partial charge is 0.307 e. The van der Waals surface area contributed by atoms with Crippen molar-refractivity contribution in [2.75, 3.05) is 5.32 Å². The molecule has 1 amide bonds. The van der Waals surface area contributed by atoms with E-state index in [-0.39, 0.29) is 17.7 Å². The summed E-state index contributed by atoms with van der Waals surface area (Å²) in [6.45, 7) is 0. The number of carbonyl (C=O) groups excluding carboxylic acids is 1. The molecule has 2 N–H and O–H groups in total. The number of amides is 1. The maximum absolute atomic E-state index is 12.5. The van der Waals surface area contributed by atoms with Gasteiger partial charge >= 0.3 is 5.97 Å². The van der Waals surface area contributed by atoms with Crippen LogP contribution in [-0.2, 0) is 9.59 Å². The van der Waals surface area contributed by atoms with Crippen molar-refractivity contribution < 1.29 is 14.7 Å². The number of allylic oxidation sites excluding steroid dienone is 2. The Kier molecular flexibility index (Phi) is 3.68. The quantitative estimate of drug-likeness (QED) is 0.836. The highest BCUT2D eigenvalue weighted by Gasteiger charge is 2.51. The molecule has 2 aliphatic rings. The molecule has 21 heavy (non-hydrogen) atoms. The van der Waals surface area contributed by atoms with Crippen LogP contribution in [0.2, 0.25) is 10.0 Å². The zero-order chi connectivity index (χ0) is 15.1. The second-order valence-corrected chi connectivity index (χ2v) is 6.30. The minimum absolute atomic E-state index is 0.0194. The second kappa shape index (κ2) is 5.35. The SMILES string of the molecule is O=C(O)[C@@H]1[C@@H](C(=O)Nc2cc(Cl)ccc2Cl)[C@H]2C=C[C@H]1C2. The van der Waals surface area contributed by atoms with Gasteiger partial charge in [-0.05, 0) is 36.5 Å². The van der Waals surface area contributed by atoms with Crippen molar-refractivity contribution in [2.45, 2.75) is 6.42 Å². The molecule has 2 aliphatic carbocycles. The molecule has 0 aromatic heterocycles. The van der Waals surface area contributed by atoms with Crippen LogP contribution in [0.4, 0.5) is 5.69 Å². The van der Waals surface area contributed by atoms with Crippen LogP contribution in [0.5, 0.6) is 0 Å². The number of halogens is 2. The van der Waals surface area contributed by atoms with Crippen LogP contribution in [0.3, 0.4) is 0 Å². The van der Waals surface area contributed by atoms with Crippen LogP contribution >= 0.6 is 23.2 Å². The van der Waals surface area contributed by atoms with E-state index in [1.807, 2.05) is 12.2 Å². The van der Waals surface area contributed by atoms with Crippen LogP contribution in [0.15, 0.2) is 30.4 Å². The molecule has 3 rings (SSSR count). The molecule has 1 aromatic rings. The fourth-order valence-electron chi connectivity index (χ4n) is 3.33. The van der Waals surface area contributed by atoms with E-state index < -0.39 is 17.8 Å². The summed E-state index contributed by atoms with van der Waals surface area (Å²) in [4.78, 5) is 23.9. The molecule has 6 heteroatoms. The fourth-order valence-corrected chi connectivity index (χ4v) is 3.66. The second-order valence-electron chi connectivity index (χ2n) is 5.45. The fraction of sp³-hybridized carbons (Fsp3) is 0.333. The average molecular weight is 326 g/mol. The number of nitrogens with one attached hydrogen (secondary N) is 1. The zero-order valence-electron chi connectivity index (χ0n) is 10.9. The lowest BCUT2D eigenvalue weighted by Gasteiger charge is -2.24. The Hall–Kier alpha value is -1.52. The number of carboxylic acid groups (broad SMARTS) is 1. The molecule has 1 aromatic carbocycles. The highest BCUT2D eigenvalue weighted by atomic mass is 35.5. The summed E-state index contributed by atoms with van der Waals surface area (Å²) in [5.41, 5.74) is 0.407. The lowest BCUT2D eigenvalue weighted by molar-refractivity contribution is -0.146.